The SMILES string of the molecule is CCc1[nH]c2ccccc2c1N=C(N)N. The minimum atomic E-state index is 0.0921. The van der Waals surface area contributed by atoms with Gasteiger partial charge in [-0.15, -0.1) is 0 Å². The molecule has 0 radical (unpaired) electrons. The van der Waals surface area contributed by atoms with Crippen molar-refractivity contribution in [2.45, 2.75) is 13.3 Å². The number of H-pyrrole nitrogens is 1. The first-order valence-electron chi connectivity index (χ1n) is 4.91. The van der Waals surface area contributed by atoms with Crippen molar-refractivity contribution in [3.8, 4) is 0 Å². The lowest BCUT2D eigenvalue weighted by atomic mass is 10.2. The van der Waals surface area contributed by atoms with Gasteiger partial charge in [-0.2, -0.15) is 0 Å². The molecule has 0 saturated carbocycles. The second-order valence-electron chi connectivity index (χ2n) is 3.39. The number of benzene rings is 1. The van der Waals surface area contributed by atoms with Crippen LogP contribution in [0.15, 0.2) is 29.3 Å². The van der Waals surface area contributed by atoms with E-state index in [1.165, 1.54) is 0 Å². The molecule has 0 bridgehead atoms. The molecule has 5 N–H and O–H groups in total. The third-order valence-electron chi connectivity index (χ3n) is 2.35. The first kappa shape index (κ1) is 9.58. The summed E-state index contributed by atoms with van der Waals surface area (Å²) in [6, 6.07) is 7.98. The number of aromatic nitrogens is 1. The first-order valence-corrected chi connectivity index (χ1v) is 4.91. The quantitative estimate of drug-likeness (QED) is 0.511. The number of para-hydroxylation sites is 1. The van der Waals surface area contributed by atoms with Crippen molar-refractivity contribution in [1.29, 1.82) is 0 Å². The van der Waals surface area contributed by atoms with E-state index in [0.29, 0.717) is 0 Å². The van der Waals surface area contributed by atoms with Crippen LogP contribution in [0.3, 0.4) is 0 Å². The summed E-state index contributed by atoms with van der Waals surface area (Å²) < 4.78 is 0. The molecule has 4 heteroatoms. The number of hydrogen-bond donors (Lipinski definition) is 3. The summed E-state index contributed by atoms with van der Waals surface area (Å²) >= 11 is 0. The number of hydrogen-bond acceptors (Lipinski definition) is 1. The number of nitrogens with two attached hydrogens (primary N) is 2. The Morgan fingerprint density at radius 2 is 2.07 bits per heavy atom. The predicted molar refractivity (Wildman–Crippen MR) is 63.1 cm³/mol. The maximum atomic E-state index is 5.41. The van der Waals surface area contributed by atoms with E-state index < -0.39 is 0 Å². The molecule has 4 nitrogen and oxygen atoms in total. The van der Waals surface area contributed by atoms with Gasteiger partial charge in [-0.05, 0) is 12.5 Å². The molecule has 1 heterocycles. The molecule has 0 aliphatic rings. The van der Waals surface area contributed by atoms with E-state index in [9.17, 15) is 0 Å². The summed E-state index contributed by atoms with van der Waals surface area (Å²) in [6.07, 6.45) is 0.876. The number of fused-ring (bicyclic) bond motifs is 1. The van der Waals surface area contributed by atoms with Crippen LogP contribution in [0.5, 0.6) is 0 Å². The normalized spacial score (nSPS) is 10.5. The molecular weight excluding hydrogens is 188 g/mol. The molecule has 0 spiro atoms. The van der Waals surface area contributed by atoms with Crippen molar-refractivity contribution in [3.05, 3.63) is 30.0 Å². The molecule has 78 valence electrons. The molecule has 1 aromatic carbocycles. The van der Waals surface area contributed by atoms with Gasteiger partial charge in [0.1, 0.15) is 0 Å². The number of guanidine groups is 1. The molecular formula is C11H14N4. The Balaban J connectivity index is 2.72. The zero-order valence-corrected chi connectivity index (χ0v) is 8.62. The minimum Gasteiger partial charge on any atom is -0.370 e. The van der Waals surface area contributed by atoms with Gasteiger partial charge in [0, 0.05) is 16.6 Å². The van der Waals surface area contributed by atoms with E-state index in [2.05, 4.69) is 16.9 Å². The van der Waals surface area contributed by atoms with Gasteiger partial charge in [0.05, 0.1) is 5.69 Å². The molecule has 0 unspecified atom stereocenters. The fourth-order valence-electron chi connectivity index (χ4n) is 1.70. The number of aromatic amines is 1. The Hall–Kier alpha value is -1.97. The summed E-state index contributed by atoms with van der Waals surface area (Å²) in [4.78, 5) is 7.46. The summed E-state index contributed by atoms with van der Waals surface area (Å²) in [6.45, 7) is 2.07. The largest absolute Gasteiger partial charge is 0.370 e. The average molecular weight is 202 g/mol. The van der Waals surface area contributed by atoms with Crippen LogP contribution in [0, 0.1) is 0 Å². The van der Waals surface area contributed by atoms with Crippen molar-refractivity contribution < 1.29 is 0 Å². The maximum Gasteiger partial charge on any atom is 0.191 e. The standard InChI is InChI=1S/C11H14N4/c1-2-8-10(15-11(12)13)7-5-3-4-6-9(7)14-8/h3-6,14H,2H2,1H3,(H4,12,13,15). The van der Waals surface area contributed by atoms with E-state index in [-0.39, 0.29) is 5.96 Å². The predicted octanol–water partition coefficient (Wildman–Crippen LogP) is 1.64. The van der Waals surface area contributed by atoms with Crippen LogP contribution in [0.1, 0.15) is 12.6 Å². The van der Waals surface area contributed by atoms with E-state index in [1.54, 1.807) is 0 Å². The zero-order chi connectivity index (χ0) is 10.8. The summed E-state index contributed by atoms with van der Waals surface area (Å²) in [7, 11) is 0. The first-order chi connectivity index (χ1) is 7.22. The fourth-order valence-corrected chi connectivity index (χ4v) is 1.70. The Morgan fingerprint density at radius 3 is 2.73 bits per heavy atom. The van der Waals surface area contributed by atoms with Crippen LogP contribution in [-0.4, -0.2) is 10.9 Å². The third-order valence-corrected chi connectivity index (χ3v) is 2.35. The van der Waals surface area contributed by atoms with Gasteiger partial charge in [0.2, 0.25) is 0 Å². The number of rotatable bonds is 2. The second kappa shape index (κ2) is 3.65. The lowest BCUT2D eigenvalue weighted by Gasteiger charge is -1.96. The molecule has 2 rings (SSSR count). The summed E-state index contributed by atoms with van der Waals surface area (Å²) in [5.41, 5.74) is 13.8. The van der Waals surface area contributed by atoms with Gasteiger partial charge in [0.15, 0.2) is 5.96 Å². The van der Waals surface area contributed by atoms with Crippen LogP contribution < -0.4 is 11.5 Å². The molecule has 2 aromatic rings. The van der Waals surface area contributed by atoms with E-state index >= 15 is 0 Å². The lowest BCUT2D eigenvalue weighted by molar-refractivity contribution is 1.07. The van der Waals surface area contributed by atoms with Gasteiger partial charge in [-0.25, -0.2) is 4.99 Å². The highest BCUT2D eigenvalue weighted by Crippen LogP contribution is 2.30. The fraction of sp³-hybridized carbons (Fsp3) is 0.182. The van der Waals surface area contributed by atoms with Crippen molar-refractivity contribution in [2.24, 2.45) is 16.5 Å². The van der Waals surface area contributed by atoms with Crippen LogP contribution in [0.2, 0.25) is 0 Å². The smallest absolute Gasteiger partial charge is 0.191 e. The van der Waals surface area contributed by atoms with Crippen LogP contribution in [0.25, 0.3) is 10.9 Å². The molecule has 0 atom stereocenters. The van der Waals surface area contributed by atoms with Gasteiger partial charge in [0.25, 0.3) is 0 Å². The molecule has 0 saturated heterocycles. The number of nitrogens with one attached hydrogen (secondary N) is 1. The van der Waals surface area contributed by atoms with E-state index in [1.807, 2.05) is 24.3 Å². The molecule has 0 fully saturated rings. The van der Waals surface area contributed by atoms with Crippen molar-refractivity contribution in [3.63, 3.8) is 0 Å². The Morgan fingerprint density at radius 1 is 1.33 bits per heavy atom. The molecule has 0 amide bonds. The zero-order valence-electron chi connectivity index (χ0n) is 8.62. The lowest BCUT2D eigenvalue weighted by Crippen LogP contribution is -2.22. The molecule has 0 aliphatic carbocycles. The van der Waals surface area contributed by atoms with Crippen molar-refractivity contribution in [2.75, 3.05) is 0 Å². The van der Waals surface area contributed by atoms with Crippen LogP contribution >= 0.6 is 0 Å². The highest BCUT2D eigenvalue weighted by Gasteiger charge is 2.08. The molecule has 15 heavy (non-hydrogen) atoms. The summed E-state index contributed by atoms with van der Waals surface area (Å²) in [5, 5.41) is 1.06. The Labute approximate surface area is 88.0 Å². The van der Waals surface area contributed by atoms with Gasteiger partial charge < -0.3 is 16.5 Å². The Bertz CT molecular complexity index is 506. The number of aliphatic imine (C=N–C) groups is 1. The number of nitrogens with zero attached hydrogens (tertiary/aromatic N) is 1. The van der Waals surface area contributed by atoms with Gasteiger partial charge in [-0.1, -0.05) is 25.1 Å². The van der Waals surface area contributed by atoms with Crippen LogP contribution in [-0.2, 0) is 6.42 Å². The van der Waals surface area contributed by atoms with Crippen LogP contribution in [0.4, 0.5) is 5.69 Å². The second-order valence-corrected chi connectivity index (χ2v) is 3.39. The molecule has 1 aromatic heterocycles. The van der Waals surface area contributed by atoms with Crippen molar-refractivity contribution >= 4 is 22.5 Å². The van der Waals surface area contributed by atoms with Gasteiger partial charge in [-0.3, -0.25) is 0 Å². The highest BCUT2D eigenvalue weighted by molar-refractivity contribution is 5.95. The maximum absolute atomic E-state index is 5.41. The topological polar surface area (TPSA) is 80.2 Å². The Kier molecular flexibility index (Phi) is 2.33. The summed E-state index contributed by atoms with van der Waals surface area (Å²) in [5.74, 6) is 0.0921. The van der Waals surface area contributed by atoms with E-state index in [4.69, 9.17) is 11.5 Å². The van der Waals surface area contributed by atoms with Crippen molar-refractivity contribution in [1.82, 2.24) is 4.98 Å². The highest BCUT2D eigenvalue weighted by atomic mass is 15.0. The van der Waals surface area contributed by atoms with Gasteiger partial charge >= 0.3 is 0 Å². The minimum absolute atomic E-state index is 0.0921. The average Bonchev–Trinajstić information content (AvgIpc) is 2.56. The van der Waals surface area contributed by atoms with E-state index in [0.717, 1.165) is 28.7 Å². The monoisotopic (exact) mass is 202 g/mol. The molecule has 0 aliphatic heterocycles. The third kappa shape index (κ3) is 1.66. The number of aryl methyl sites for hydroxylation is 1.